The van der Waals surface area contributed by atoms with Gasteiger partial charge in [-0.1, -0.05) is 12.1 Å². The SMILES string of the molecule is O=C1COc2ccc(CNC(=O)c3cc(C(=O)N[C@@H]4c5ccc(C(=O)O)cc5C[C@H]4O)n4ncc(F)c4n3)cc2N1. The zero-order valence-corrected chi connectivity index (χ0v) is 21.1. The predicted molar refractivity (Wildman–Crippen MR) is 138 cm³/mol. The molecular weight excluding hydrogens is 539 g/mol. The van der Waals surface area contributed by atoms with E-state index < -0.39 is 35.7 Å². The molecule has 0 fully saturated rings. The number of carbonyl (C=O) groups excluding carboxylic acids is 3. The number of hydrogen-bond acceptors (Lipinski definition) is 8. The molecule has 4 aromatic rings. The van der Waals surface area contributed by atoms with Crippen LogP contribution >= 0.6 is 0 Å². The van der Waals surface area contributed by atoms with Gasteiger partial charge in [0.1, 0.15) is 17.1 Å². The normalized spacial score (nSPS) is 17.3. The van der Waals surface area contributed by atoms with Crippen molar-refractivity contribution in [1.29, 1.82) is 0 Å². The molecule has 2 aliphatic rings. The Morgan fingerprint density at radius 3 is 2.78 bits per heavy atom. The number of aliphatic hydroxyl groups excluding tert-OH is 1. The molecule has 1 aliphatic carbocycles. The largest absolute Gasteiger partial charge is 0.482 e. The molecule has 208 valence electrons. The molecule has 0 radical (unpaired) electrons. The molecule has 41 heavy (non-hydrogen) atoms. The van der Waals surface area contributed by atoms with Crippen LogP contribution in [0.4, 0.5) is 10.1 Å². The highest BCUT2D eigenvalue weighted by Gasteiger charge is 2.34. The number of hydrogen-bond donors (Lipinski definition) is 5. The summed E-state index contributed by atoms with van der Waals surface area (Å²) in [6.45, 7) is -0.0579. The number of aliphatic hydroxyl groups is 1. The number of carboxylic acids is 1. The smallest absolute Gasteiger partial charge is 0.335 e. The highest BCUT2D eigenvalue weighted by molar-refractivity contribution is 5.99. The number of fused-ring (bicyclic) bond motifs is 3. The van der Waals surface area contributed by atoms with Crippen LogP contribution in [-0.2, 0) is 17.8 Å². The van der Waals surface area contributed by atoms with E-state index in [0.29, 0.717) is 28.1 Å². The molecule has 0 bridgehead atoms. The fourth-order valence-corrected chi connectivity index (χ4v) is 4.89. The summed E-state index contributed by atoms with van der Waals surface area (Å²) in [5.74, 6) is -3.24. The molecule has 3 amide bonds. The lowest BCUT2D eigenvalue weighted by molar-refractivity contribution is -0.118. The van der Waals surface area contributed by atoms with Gasteiger partial charge in [0.25, 0.3) is 17.7 Å². The van der Waals surface area contributed by atoms with Gasteiger partial charge in [-0.05, 0) is 41.0 Å². The maximum Gasteiger partial charge on any atom is 0.335 e. The van der Waals surface area contributed by atoms with Crippen LogP contribution in [-0.4, -0.2) is 61.2 Å². The molecule has 0 saturated carbocycles. The van der Waals surface area contributed by atoms with Gasteiger partial charge in [-0.25, -0.2) is 18.7 Å². The quantitative estimate of drug-likeness (QED) is 0.231. The minimum atomic E-state index is -1.12. The van der Waals surface area contributed by atoms with Crippen LogP contribution in [0.15, 0.2) is 48.7 Å². The van der Waals surface area contributed by atoms with E-state index in [4.69, 9.17) is 4.74 Å². The van der Waals surface area contributed by atoms with E-state index in [1.165, 1.54) is 18.2 Å². The Morgan fingerprint density at radius 2 is 1.98 bits per heavy atom. The van der Waals surface area contributed by atoms with Gasteiger partial charge in [-0.15, -0.1) is 0 Å². The van der Waals surface area contributed by atoms with Gasteiger partial charge >= 0.3 is 5.97 Å². The second-order valence-electron chi connectivity index (χ2n) is 9.55. The number of benzene rings is 2. The monoisotopic (exact) mass is 560 g/mol. The summed E-state index contributed by atoms with van der Waals surface area (Å²) in [7, 11) is 0. The zero-order valence-electron chi connectivity index (χ0n) is 21.1. The fourth-order valence-electron chi connectivity index (χ4n) is 4.89. The van der Waals surface area contributed by atoms with Crippen LogP contribution in [0, 0.1) is 5.82 Å². The minimum Gasteiger partial charge on any atom is -0.482 e. The molecule has 1 aliphatic heterocycles. The first-order chi connectivity index (χ1) is 19.7. The van der Waals surface area contributed by atoms with Crippen LogP contribution in [0.5, 0.6) is 5.75 Å². The van der Waals surface area contributed by atoms with E-state index >= 15 is 0 Å². The number of rotatable bonds is 6. The number of carbonyl (C=O) groups is 4. The van der Waals surface area contributed by atoms with Crippen LogP contribution in [0.25, 0.3) is 5.65 Å². The van der Waals surface area contributed by atoms with Crippen molar-refractivity contribution in [2.24, 2.45) is 0 Å². The Hall–Kier alpha value is -5.37. The molecule has 2 aromatic carbocycles. The molecule has 3 heterocycles. The van der Waals surface area contributed by atoms with Crippen molar-refractivity contribution in [2.75, 3.05) is 11.9 Å². The maximum atomic E-state index is 14.5. The molecule has 2 atom stereocenters. The second kappa shape index (κ2) is 9.98. The summed E-state index contributed by atoms with van der Waals surface area (Å²) >= 11 is 0. The molecule has 0 unspecified atom stereocenters. The van der Waals surface area contributed by atoms with Gasteiger partial charge in [0.15, 0.2) is 18.1 Å². The number of ether oxygens (including phenoxy) is 1. The summed E-state index contributed by atoms with van der Waals surface area (Å²) in [6, 6.07) is 9.60. The number of nitrogens with zero attached hydrogens (tertiary/aromatic N) is 3. The Labute approximate surface area is 230 Å². The van der Waals surface area contributed by atoms with Crippen molar-refractivity contribution < 1.29 is 38.5 Å². The third-order valence-electron chi connectivity index (χ3n) is 6.85. The highest BCUT2D eigenvalue weighted by Crippen LogP contribution is 2.33. The van der Waals surface area contributed by atoms with Crippen molar-refractivity contribution in [3.05, 3.63) is 88.1 Å². The molecule has 2 aromatic heterocycles. The van der Waals surface area contributed by atoms with Crippen molar-refractivity contribution in [3.8, 4) is 5.75 Å². The average Bonchev–Trinajstić information content (AvgIpc) is 3.48. The van der Waals surface area contributed by atoms with Crippen molar-refractivity contribution in [2.45, 2.75) is 25.1 Å². The van der Waals surface area contributed by atoms with Gasteiger partial charge in [0, 0.05) is 19.0 Å². The number of nitrogens with one attached hydrogen (secondary N) is 3. The van der Waals surface area contributed by atoms with Crippen LogP contribution < -0.4 is 20.7 Å². The van der Waals surface area contributed by atoms with E-state index in [0.717, 1.165) is 16.8 Å². The average molecular weight is 560 g/mol. The number of anilines is 1. The first kappa shape index (κ1) is 25.9. The Morgan fingerprint density at radius 1 is 1.15 bits per heavy atom. The molecule has 6 rings (SSSR count). The van der Waals surface area contributed by atoms with Gasteiger partial charge in [-0.2, -0.15) is 5.10 Å². The maximum absolute atomic E-state index is 14.5. The van der Waals surface area contributed by atoms with Crippen LogP contribution in [0.1, 0.15) is 54.1 Å². The summed E-state index contributed by atoms with van der Waals surface area (Å²) in [5.41, 5.74) is 1.44. The third kappa shape index (κ3) is 4.80. The van der Waals surface area contributed by atoms with E-state index in [9.17, 15) is 33.8 Å². The molecule has 5 N–H and O–H groups in total. The Balaban J connectivity index is 1.24. The Kier molecular flexibility index (Phi) is 6.30. The molecule has 0 spiro atoms. The summed E-state index contributed by atoms with van der Waals surface area (Å²) in [4.78, 5) is 53.3. The molecular formula is C27H21FN6O7. The first-order valence-corrected chi connectivity index (χ1v) is 12.4. The lowest BCUT2D eigenvalue weighted by Gasteiger charge is -2.19. The lowest BCUT2D eigenvalue weighted by atomic mass is 10.0. The first-order valence-electron chi connectivity index (χ1n) is 12.4. The number of halogens is 1. The van der Waals surface area contributed by atoms with Crippen molar-refractivity contribution >= 4 is 35.0 Å². The van der Waals surface area contributed by atoms with Gasteiger partial charge in [0.05, 0.1) is 29.6 Å². The third-order valence-corrected chi connectivity index (χ3v) is 6.85. The van der Waals surface area contributed by atoms with E-state index in [1.54, 1.807) is 18.2 Å². The molecule has 0 saturated heterocycles. The lowest BCUT2D eigenvalue weighted by Crippen LogP contribution is -2.35. The van der Waals surface area contributed by atoms with E-state index in [-0.39, 0.29) is 48.1 Å². The van der Waals surface area contributed by atoms with Gasteiger partial charge in [0.2, 0.25) is 0 Å². The van der Waals surface area contributed by atoms with Crippen molar-refractivity contribution in [1.82, 2.24) is 25.2 Å². The summed E-state index contributed by atoms with van der Waals surface area (Å²) in [5, 5.41) is 31.7. The Bertz CT molecular complexity index is 1770. The zero-order chi connectivity index (χ0) is 28.8. The molecule has 14 heteroatoms. The second-order valence-corrected chi connectivity index (χ2v) is 9.55. The van der Waals surface area contributed by atoms with Gasteiger partial charge in [-0.3, -0.25) is 14.4 Å². The number of aromatic carboxylic acids is 1. The number of aromatic nitrogens is 3. The number of amides is 3. The topological polar surface area (TPSA) is 184 Å². The van der Waals surface area contributed by atoms with Crippen LogP contribution in [0.2, 0.25) is 0 Å². The van der Waals surface area contributed by atoms with E-state index in [1.807, 2.05) is 0 Å². The minimum absolute atomic E-state index is 0.0293. The highest BCUT2D eigenvalue weighted by atomic mass is 19.1. The number of carboxylic acid groups (broad SMARTS) is 1. The fraction of sp³-hybridized carbons (Fsp3) is 0.185. The van der Waals surface area contributed by atoms with Gasteiger partial charge < -0.3 is 30.9 Å². The standard InChI is InChI=1S/C27H21FN6O7/c28-16-10-30-34-19(26(38)33-23-15-3-2-13(27(39)40)6-14(15)7-20(23)35)8-18(32-24(16)34)25(37)29-9-12-1-4-21-17(5-12)31-22(36)11-41-21/h1-6,8,10,20,23,35H,7,9,11H2,(H,29,37)(H,31,36)(H,33,38)(H,39,40)/t20-,23-/m1/s1. The predicted octanol–water partition coefficient (Wildman–Crippen LogP) is 1.22. The van der Waals surface area contributed by atoms with Crippen molar-refractivity contribution in [3.63, 3.8) is 0 Å². The summed E-state index contributed by atoms with van der Waals surface area (Å²) in [6.07, 6.45) is -0.0631. The van der Waals surface area contributed by atoms with E-state index in [2.05, 4.69) is 26.0 Å². The van der Waals surface area contributed by atoms with Crippen LogP contribution in [0.3, 0.4) is 0 Å². The molecule has 13 nitrogen and oxygen atoms in total. The summed E-state index contributed by atoms with van der Waals surface area (Å²) < 4.78 is 20.8.